The molecule has 0 spiro atoms. The Bertz CT molecular complexity index is 1060. The highest BCUT2D eigenvalue weighted by atomic mass is 16.6. The number of aryl methyl sites for hydroxylation is 1. The van der Waals surface area contributed by atoms with Crippen LogP contribution in [0, 0.1) is 17.0 Å². The molecule has 28 heavy (non-hydrogen) atoms. The molecule has 0 aromatic heterocycles. The van der Waals surface area contributed by atoms with Gasteiger partial charge in [0.1, 0.15) is 0 Å². The number of benzene rings is 3. The quantitative estimate of drug-likeness (QED) is 0.451. The normalized spacial score (nSPS) is 10.6. The van der Waals surface area contributed by atoms with Crippen molar-refractivity contribution in [3.63, 3.8) is 0 Å². The first-order chi connectivity index (χ1) is 13.5. The molecular weight excluding hydrogens is 362 g/mol. The van der Waals surface area contributed by atoms with Crippen molar-refractivity contribution in [1.29, 1.82) is 0 Å². The van der Waals surface area contributed by atoms with Crippen LogP contribution in [0.4, 0.5) is 5.69 Å². The molecule has 0 aliphatic carbocycles. The molecule has 0 unspecified atom stereocenters. The first kappa shape index (κ1) is 19.3. The molecule has 0 atom stereocenters. The zero-order chi connectivity index (χ0) is 20.4. The summed E-state index contributed by atoms with van der Waals surface area (Å²) in [5.41, 5.74) is 2.32. The minimum absolute atomic E-state index is 0.00287. The Kier molecular flexibility index (Phi) is 5.26. The second-order valence-electron chi connectivity index (χ2n) is 6.15. The average Bonchev–Trinajstić information content (AvgIpc) is 2.70. The SMILES string of the molecule is COc1cc(-c2c(OC)c(OC)cc3c([N+](=O)[O-])cccc23)cc(C)c1OC. The van der Waals surface area contributed by atoms with E-state index in [9.17, 15) is 10.1 Å². The van der Waals surface area contributed by atoms with E-state index in [1.54, 1.807) is 26.4 Å². The molecule has 0 saturated carbocycles. The predicted molar refractivity (Wildman–Crippen MR) is 107 cm³/mol. The molecule has 0 fully saturated rings. The summed E-state index contributed by atoms with van der Waals surface area (Å²) in [6.45, 7) is 1.90. The van der Waals surface area contributed by atoms with Crippen LogP contribution in [-0.4, -0.2) is 33.4 Å². The van der Waals surface area contributed by atoms with Gasteiger partial charge in [0.25, 0.3) is 5.69 Å². The number of methoxy groups -OCH3 is 4. The highest BCUT2D eigenvalue weighted by Crippen LogP contribution is 2.48. The number of ether oxygens (including phenoxy) is 4. The van der Waals surface area contributed by atoms with E-state index in [-0.39, 0.29) is 5.69 Å². The van der Waals surface area contributed by atoms with Gasteiger partial charge in [0, 0.05) is 17.0 Å². The molecule has 0 aliphatic rings. The molecule has 3 aromatic rings. The van der Waals surface area contributed by atoms with Crippen molar-refractivity contribution in [3.05, 3.63) is 52.1 Å². The van der Waals surface area contributed by atoms with Crippen molar-refractivity contribution >= 4 is 16.5 Å². The van der Waals surface area contributed by atoms with E-state index >= 15 is 0 Å². The Labute approximate surface area is 162 Å². The van der Waals surface area contributed by atoms with Crippen molar-refractivity contribution in [1.82, 2.24) is 0 Å². The minimum atomic E-state index is -0.405. The maximum Gasteiger partial charge on any atom is 0.277 e. The third-order valence-electron chi connectivity index (χ3n) is 4.65. The molecule has 0 radical (unpaired) electrons. The molecule has 0 amide bonds. The fraction of sp³-hybridized carbons (Fsp3) is 0.238. The van der Waals surface area contributed by atoms with E-state index < -0.39 is 4.92 Å². The number of hydrogen-bond acceptors (Lipinski definition) is 6. The Hall–Kier alpha value is -3.48. The van der Waals surface area contributed by atoms with Gasteiger partial charge in [-0.05, 0) is 36.2 Å². The largest absolute Gasteiger partial charge is 0.493 e. The molecule has 0 heterocycles. The average molecular weight is 383 g/mol. The number of nitro benzene ring substituents is 1. The molecule has 146 valence electrons. The summed E-state index contributed by atoms with van der Waals surface area (Å²) in [7, 11) is 6.18. The molecule has 0 bridgehead atoms. The van der Waals surface area contributed by atoms with Gasteiger partial charge >= 0.3 is 0 Å². The highest BCUT2D eigenvalue weighted by molar-refractivity contribution is 6.05. The van der Waals surface area contributed by atoms with Crippen molar-refractivity contribution in [3.8, 4) is 34.1 Å². The van der Waals surface area contributed by atoms with Crippen molar-refractivity contribution < 1.29 is 23.9 Å². The maximum atomic E-state index is 11.6. The van der Waals surface area contributed by atoms with Crippen LogP contribution in [0.15, 0.2) is 36.4 Å². The fourth-order valence-electron chi connectivity index (χ4n) is 3.46. The van der Waals surface area contributed by atoms with Crippen LogP contribution in [0.5, 0.6) is 23.0 Å². The number of nitro groups is 1. The Morgan fingerprint density at radius 1 is 0.821 bits per heavy atom. The number of non-ortho nitro benzene ring substituents is 1. The Balaban J connectivity index is 2.48. The minimum Gasteiger partial charge on any atom is -0.493 e. The van der Waals surface area contributed by atoms with E-state index in [4.69, 9.17) is 18.9 Å². The van der Waals surface area contributed by atoms with Gasteiger partial charge < -0.3 is 18.9 Å². The lowest BCUT2D eigenvalue weighted by Crippen LogP contribution is -1.99. The van der Waals surface area contributed by atoms with Crippen LogP contribution < -0.4 is 18.9 Å². The standard InChI is InChI=1S/C21H21NO6/c1-12-9-13(10-17(25-2)20(12)27-4)19-14-7-6-8-16(22(23)24)15(14)11-18(26-3)21(19)28-5/h6-11H,1-5H3. The number of hydrogen-bond donors (Lipinski definition) is 0. The molecule has 0 N–H and O–H groups in total. The summed E-state index contributed by atoms with van der Waals surface area (Å²) in [4.78, 5) is 11.1. The molecule has 3 aromatic carbocycles. The lowest BCUT2D eigenvalue weighted by Gasteiger charge is -2.18. The number of nitrogens with zero attached hydrogens (tertiary/aromatic N) is 1. The van der Waals surface area contributed by atoms with E-state index in [2.05, 4.69) is 0 Å². The van der Waals surface area contributed by atoms with Gasteiger partial charge in [0.2, 0.25) is 0 Å². The van der Waals surface area contributed by atoms with Gasteiger partial charge in [0.05, 0.1) is 38.7 Å². The van der Waals surface area contributed by atoms with Gasteiger partial charge in [-0.2, -0.15) is 0 Å². The lowest BCUT2D eigenvalue weighted by atomic mass is 9.94. The lowest BCUT2D eigenvalue weighted by molar-refractivity contribution is -0.383. The van der Waals surface area contributed by atoms with Crippen LogP contribution in [0.2, 0.25) is 0 Å². The van der Waals surface area contributed by atoms with Gasteiger partial charge in [0.15, 0.2) is 23.0 Å². The second-order valence-corrected chi connectivity index (χ2v) is 6.15. The van der Waals surface area contributed by atoms with Gasteiger partial charge in [-0.25, -0.2) is 0 Å². The topological polar surface area (TPSA) is 80.1 Å². The summed E-state index contributed by atoms with van der Waals surface area (Å²) >= 11 is 0. The van der Waals surface area contributed by atoms with E-state index in [1.165, 1.54) is 20.3 Å². The first-order valence-electron chi connectivity index (χ1n) is 8.51. The van der Waals surface area contributed by atoms with Crippen LogP contribution in [-0.2, 0) is 0 Å². The summed E-state index contributed by atoms with van der Waals surface area (Å²) < 4.78 is 22.0. The number of fused-ring (bicyclic) bond motifs is 1. The van der Waals surface area contributed by atoms with Gasteiger partial charge in [-0.3, -0.25) is 10.1 Å². The van der Waals surface area contributed by atoms with E-state index in [0.717, 1.165) is 11.1 Å². The molecule has 0 aliphatic heterocycles. The van der Waals surface area contributed by atoms with E-state index in [0.29, 0.717) is 39.3 Å². The van der Waals surface area contributed by atoms with Crippen LogP contribution >= 0.6 is 0 Å². The van der Waals surface area contributed by atoms with Crippen LogP contribution in [0.25, 0.3) is 21.9 Å². The van der Waals surface area contributed by atoms with E-state index in [1.807, 2.05) is 25.1 Å². The summed E-state index contributed by atoms with van der Waals surface area (Å²) in [6, 6.07) is 10.3. The predicted octanol–water partition coefficient (Wildman–Crippen LogP) is 4.76. The fourth-order valence-corrected chi connectivity index (χ4v) is 3.46. The first-order valence-corrected chi connectivity index (χ1v) is 8.51. The smallest absolute Gasteiger partial charge is 0.277 e. The Morgan fingerprint density at radius 2 is 1.46 bits per heavy atom. The zero-order valence-electron chi connectivity index (χ0n) is 16.4. The monoisotopic (exact) mass is 383 g/mol. The summed E-state index contributed by atoms with van der Waals surface area (Å²) in [6.07, 6.45) is 0. The van der Waals surface area contributed by atoms with Gasteiger partial charge in [-0.15, -0.1) is 0 Å². The van der Waals surface area contributed by atoms with Gasteiger partial charge in [-0.1, -0.05) is 12.1 Å². The Morgan fingerprint density at radius 3 is 2.04 bits per heavy atom. The zero-order valence-corrected chi connectivity index (χ0v) is 16.4. The molecule has 7 nitrogen and oxygen atoms in total. The molecule has 0 saturated heterocycles. The third-order valence-corrected chi connectivity index (χ3v) is 4.65. The molecule has 7 heteroatoms. The highest BCUT2D eigenvalue weighted by Gasteiger charge is 2.23. The molecule has 3 rings (SSSR count). The van der Waals surface area contributed by atoms with Crippen molar-refractivity contribution in [2.45, 2.75) is 6.92 Å². The van der Waals surface area contributed by atoms with Crippen LogP contribution in [0.3, 0.4) is 0 Å². The molecular formula is C21H21NO6. The maximum absolute atomic E-state index is 11.6. The third kappa shape index (κ3) is 3.05. The van der Waals surface area contributed by atoms with Crippen LogP contribution in [0.1, 0.15) is 5.56 Å². The van der Waals surface area contributed by atoms with Crippen molar-refractivity contribution in [2.75, 3.05) is 28.4 Å². The van der Waals surface area contributed by atoms with Crippen molar-refractivity contribution in [2.24, 2.45) is 0 Å². The number of rotatable bonds is 6. The summed E-state index contributed by atoms with van der Waals surface area (Å²) in [5, 5.41) is 12.7. The summed E-state index contributed by atoms with van der Waals surface area (Å²) in [5.74, 6) is 2.08. The second kappa shape index (κ2) is 7.64.